The molecule has 2 saturated heterocycles. The third-order valence-electron chi connectivity index (χ3n) is 6.25. The number of nitrogens with one attached hydrogen (secondary N) is 2. The van der Waals surface area contributed by atoms with Crippen molar-refractivity contribution in [3.8, 4) is 11.8 Å². The molecule has 2 aromatic rings. The third kappa shape index (κ3) is 6.10. The van der Waals surface area contributed by atoms with Crippen LogP contribution < -0.4 is 15.4 Å². The predicted molar refractivity (Wildman–Crippen MR) is 125 cm³/mol. The van der Waals surface area contributed by atoms with E-state index in [1.54, 1.807) is 0 Å². The maximum atomic E-state index is 8.93. The first-order valence-corrected chi connectivity index (χ1v) is 11.3. The highest BCUT2D eigenvalue weighted by molar-refractivity contribution is 5.62. The lowest BCUT2D eigenvalue weighted by Gasteiger charge is -2.32. The van der Waals surface area contributed by atoms with E-state index in [1.165, 1.54) is 5.56 Å². The van der Waals surface area contributed by atoms with Gasteiger partial charge in [-0.3, -0.25) is 4.90 Å². The zero-order chi connectivity index (χ0) is 21.5. The van der Waals surface area contributed by atoms with Crippen molar-refractivity contribution in [1.82, 2.24) is 15.5 Å². The minimum Gasteiger partial charge on any atom is -0.490 e. The van der Waals surface area contributed by atoms with Crippen LogP contribution in [0.4, 0.5) is 0 Å². The molecule has 4 rings (SSSR count). The average Bonchev–Trinajstić information content (AvgIpc) is 2.82. The van der Waals surface area contributed by atoms with E-state index in [1.807, 2.05) is 12.1 Å². The Morgan fingerprint density at radius 3 is 2.35 bits per heavy atom. The van der Waals surface area contributed by atoms with Crippen molar-refractivity contribution in [2.45, 2.75) is 44.4 Å². The first kappa shape index (κ1) is 21.4. The number of rotatable bonds is 7. The molecule has 0 amide bonds. The average molecular weight is 417 g/mol. The number of hydrogen-bond acceptors (Lipinski definition) is 5. The molecule has 0 spiro atoms. The molecule has 5 heteroatoms. The highest BCUT2D eigenvalue weighted by Crippen LogP contribution is 2.22. The summed E-state index contributed by atoms with van der Waals surface area (Å²) in [7, 11) is 0. The number of likely N-dealkylation sites (tertiary alicyclic amines) is 1. The Balaban J connectivity index is 1.22. The van der Waals surface area contributed by atoms with Crippen molar-refractivity contribution in [3.05, 3.63) is 71.8 Å². The Bertz CT molecular complexity index is 886. The Morgan fingerprint density at radius 1 is 1.03 bits per heavy atom. The van der Waals surface area contributed by atoms with Gasteiger partial charge in [0.15, 0.2) is 0 Å². The second-order valence-corrected chi connectivity index (χ2v) is 8.57. The van der Waals surface area contributed by atoms with Gasteiger partial charge in [0.2, 0.25) is 0 Å². The van der Waals surface area contributed by atoms with Crippen LogP contribution in [0.1, 0.15) is 42.4 Å². The maximum Gasteiger partial charge on any atom is 0.119 e. The topological polar surface area (TPSA) is 60.3 Å². The van der Waals surface area contributed by atoms with Crippen LogP contribution in [0.25, 0.3) is 5.70 Å². The summed E-state index contributed by atoms with van der Waals surface area (Å²) in [6.07, 6.45) is 4.61. The molecule has 0 bridgehead atoms. The predicted octanol–water partition coefficient (Wildman–Crippen LogP) is 3.91. The quantitative estimate of drug-likeness (QED) is 0.717. The Morgan fingerprint density at radius 2 is 1.71 bits per heavy atom. The van der Waals surface area contributed by atoms with Gasteiger partial charge in [0, 0.05) is 31.4 Å². The van der Waals surface area contributed by atoms with E-state index in [9.17, 15) is 0 Å². The van der Waals surface area contributed by atoms with E-state index < -0.39 is 0 Å². The Hall–Kier alpha value is -2.81. The van der Waals surface area contributed by atoms with Gasteiger partial charge in [-0.15, -0.1) is 0 Å². The molecule has 0 aliphatic carbocycles. The summed E-state index contributed by atoms with van der Waals surface area (Å²) in [5.41, 5.74) is 4.09. The number of benzene rings is 2. The van der Waals surface area contributed by atoms with Crippen LogP contribution in [0.3, 0.4) is 0 Å². The standard InChI is InChI=1S/C26H32N4O/c1-20(29-24-10-14-28-15-11-24)23-6-8-25(9-7-23)31-26-12-16-30(17-13-26)19-22-4-2-21(18-27)3-5-22/h2-9,24,26,28-29H,1,10-17,19H2. The summed E-state index contributed by atoms with van der Waals surface area (Å²) < 4.78 is 6.25. The third-order valence-corrected chi connectivity index (χ3v) is 6.25. The molecule has 2 heterocycles. The molecule has 0 atom stereocenters. The van der Waals surface area contributed by atoms with Gasteiger partial charge in [0.25, 0.3) is 0 Å². The fourth-order valence-electron chi connectivity index (χ4n) is 4.35. The fraction of sp³-hybridized carbons (Fsp3) is 0.423. The van der Waals surface area contributed by atoms with E-state index in [0.29, 0.717) is 11.6 Å². The first-order valence-electron chi connectivity index (χ1n) is 11.3. The molecule has 2 aliphatic heterocycles. The van der Waals surface area contributed by atoms with Crippen LogP contribution in [0.5, 0.6) is 5.75 Å². The minimum atomic E-state index is 0.263. The molecule has 2 aromatic carbocycles. The Kier molecular flexibility index (Phi) is 7.24. The molecule has 2 aliphatic rings. The largest absolute Gasteiger partial charge is 0.490 e. The summed E-state index contributed by atoms with van der Waals surface area (Å²) in [6.45, 7) is 9.35. The fourth-order valence-corrected chi connectivity index (χ4v) is 4.35. The lowest BCUT2D eigenvalue weighted by Crippen LogP contribution is -2.38. The molecular weight excluding hydrogens is 384 g/mol. The lowest BCUT2D eigenvalue weighted by atomic mass is 10.0. The lowest BCUT2D eigenvalue weighted by molar-refractivity contribution is 0.0968. The summed E-state index contributed by atoms with van der Waals surface area (Å²) in [5.74, 6) is 0.934. The second-order valence-electron chi connectivity index (χ2n) is 8.57. The van der Waals surface area contributed by atoms with Gasteiger partial charge in [-0.05, 0) is 86.3 Å². The molecular formula is C26H32N4O. The van der Waals surface area contributed by atoms with Gasteiger partial charge >= 0.3 is 0 Å². The normalized spacial score (nSPS) is 18.3. The summed E-state index contributed by atoms with van der Waals surface area (Å²) in [5, 5.41) is 15.9. The summed E-state index contributed by atoms with van der Waals surface area (Å²) >= 11 is 0. The second kappa shape index (κ2) is 10.5. The van der Waals surface area contributed by atoms with Crippen molar-refractivity contribution in [2.75, 3.05) is 26.2 Å². The van der Waals surface area contributed by atoms with Gasteiger partial charge in [0.05, 0.1) is 11.6 Å². The number of ether oxygens (including phenoxy) is 1. The van der Waals surface area contributed by atoms with Crippen molar-refractivity contribution in [3.63, 3.8) is 0 Å². The smallest absolute Gasteiger partial charge is 0.119 e. The van der Waals surface area contributed by atoms with Crippen molar-refractivity contribution in [1.29, 1.82) is 5.26 Å². The van der Waals surface area contributed by atoms with E-state index in [2.05, 4.69) is 64.6 Å². The molecule has 0 aromatic heterocycles. The Labute approximate surface area is 185 Å². The molecule has 0 radical (unpaired) electrons. The van der Waals surface area contributed by atoms with Crippen molar-refractivity contribution < 1.29 is 4.74 Å². The molecule has 31 heavy (non-hydrogen) atoms. The van der Waals surface area contributed by atoms with E-state index in [4.69, 9.17) is 10.00 Å². The zero-order valence-electron chi connectivity index (χ0n) is 18.1. The van der Waals surface area contributed by atoms with Crippen LogP contribution in [-0.4, -0.2) is 43.2 Å². The van der Waals surface area contributed by atoms with Gasteiger partial charge < -0.3 is 15.4 Å². The summed E-state index contributed by atoms with van der Waals surface area (Å²) in [6, 6.07) is 18.9. The van der Waals surface area contributed by atoms with Crippen LogP contribution in [0.15, 0.2) is 55.1 Å². The van der Waals surface area contributed by atoms with Crippen LogP contribution in [0.2, 0.25) is 0 Å². The molecule has 2 fully saturated rings. The number of hydrogen-bond donors (Lipinski definition) is 2. The van der Waals surface area contributed by atoms with Crippen LogP contribution in [0, 0.1) is 11.3 Å². The number of nitrogens with zero attached hydrogens (tertiary/aromatic N) is 2. The maximum absolute atomic E-state index is 8.93. The van der Waals surface area contributed by atoms with E-state index in [0.717, 1.165) is 75.4 Å². The van der Waals surface area contributed by atoms with Crippen LogP contribution >= 0.6 is 0 Å². The van der Waals surface area contributed by atoms with Gasteiger partial charge in [0.1, 0.15) is 11.9 Å². The zero-order valence-corrected chi connectivity index (χ0v) is 18.1. The highest BCUT2D eigenvalue weighted by atomic mass is 16.5. The first-order chi connectivity index (χ1) is 15.2. The van der Waals surface area contributed by atoms with Gasteiger partial charge in [-0.25, -0.2) is 0 Å². The monoisotopic (exact) mass is 416 g/mol. The molecule has 5 nitrogen and oxygen atoms in total. The molecule has 162 valence electrons. The molecule has 2 N–H and O–H groups in total. The van der Waals surface area contributed by atoms with Gasteiger partial charge in [-0.1, -0.05) is 18.7 Å². The SMILES string of the molecule is C=C(NC1CCNCC1)c1ccc(OC2CCN(Cc3ccc(C#N)cc3)CC2)cc1. The minimum absolute atomic E-state index is 0.263. The number of nitriles is 1. The molecule has 0 saturated carbocycles. The van der Waals surface area contributed by atoms with Gasteiger partial charge in [-0.2, -0.15) is 5.26 Å². The number of piperidine rings is 2. The van der Waals surface area contributed by atoms with E-state index >= 15 is 0 Å². The van der Waals surface area contributed by atoms with Crippen molar-refractivity contribution in [2.24, 2.45) is 0 Å². The highest BCUT2D eigenvalue weighted by Gasteiger charge is 2.21. The van der Waals surface area contributed by atoms with E-state index in [-0.39, 0.29) is 6.10 Å². The van der Waals surface area contributed by atoms with Crippen LogP contribution in [-0.2, 0) is 6.54 Å². The summed E-state index contributed by atoms with van der Waals surface area (Å²) in [4.78, 5) is 2.46. The molecule has 0 unspecified atom stereocenters. The van der Waals surface area contributed by atoms with Crippen molar-refractivity contribution >= 4 is 5.70 Å².